The molecule has 0 bridgehead atoms. The fourth-order valence-corrected chi connectivity index (χ4v) is 5.05. The van der Waals surface area contributed by atoms with Gasteiger partial charge in [-0.15, -0.1) is 0 Å². The predicted molar refractivity (Wildman–Crippen MR) is 97.3 cm³/mol. The summed E-state index contributed by atoms with van der Waals surface area (Å²) in [5.74, 6) is 0. The summed E-state index contributed by atoms with van der Waals surface area (Å²) in [6.45, 7) is 2.38. The van der Waals surface area contributed by atoms with Crippen LogP contribution in [0, 0.1) is 11.3 Å². The molecule has 0 spiro atoms. The second-order valence-corrected chi connectivity index (χ2v) is 8.98. The first-order chi connectivity index (χ1) is 11.4. The molecule has 2 aromatic carbocycles. The van der Waals surface area contributed by atoms with Gasteiger partial charge in [0.15, 0.2) is 0 Å². The van der Waals surface area contributed by atoms with E-state index < -0.39 is 10.0 Å². The number of sulfonamides is 1. The molecular weight excluding hydrogens is 388 g/mol. The quantitative estimate of drug-likeness (QED) is 0.765. The van der Waals surface area contributed by atoms with Gasteiger partial charge in [0.25, 0.3) is 10.0 Å². The van der Waals surface area contributed by atoms with Gasteiger partial charge in [0.2, 0.25) is 0 Å². The molecule has 1 atom stereocenters. The van der Waals surface area contributed by atoms with E-state index in [-0.39, 0.29) is 10.3 Å². The van der Waals surface area contributed by atoms with E-state index in [1.165, 1.54) is 4.31 Å². The molecule has 6 heteroatoms. The Balaban J connectivity index is 2.06. The van der Waals surface area contributed by atoms with Crippen molar-refractivity contribution >= 4 is 31.6 Å². The standard InChI is InChI=1S/C18H17BrN2O2S/c1-18(11-4-12-20)13-21(17-6-3-2-5-16(17)18)24(22,23)15-9-7-14(19)8-10-15/h2-3,5-10H,4,11,13H2,1H3. The first-order valence-electron chi connectivity index (χ1n) is 7.63. The zero-order valence-electron chi connectivity index (χ0n) is 13.2. The normalized spacial score (nSPS) is 19.8. The molecule has 0 fully saturated rings. The molecule has 0 N–H and O–H groups in total. The molecule has 0 amide bonds. The van der Waals surface area contributed by atoms with Crippen LogP contribution in [0.15, 0.2) is 57.9 Å². The topological polar surface area (TPSA) is 61.2 Å². The Labute approximate surface area is 150 Å². The molecule has 1 heterocycles. The van der Waals surface area contributed by atoms with E-state index in [1.807, 2.05) is 31.2 Å². The lowest BCUT2D eigenvalue weighted by Crippen LogP contribution is -2.35. The van der Waals surface area contributed by atoms with E-state index in [9.17, 15) is 8.42 Å². The smallest absolute Gasteiger partial charge is 0.264 e. The minimum Gasteiger partial charge on any atom is -0.265 e. The fourth-order valence-electron chi connectivity index (χ4n) is 3.18. The highest BCUT2D eigenvalue weighted by Gasteiger charge is 2.43. The largest absolute Gasteiger partial charge is 0.265 e. The van der Waals surface area contributed by atoms with Crippen LogP contribution < -0.4 is 4.31 Å². The van der Waals surface area contributed by atoms with Gasteiger partial charge in [-0.1, -0.05) is 41.1 Å². The average Bonchev–Trinajstić information content (AvgIpc) is 2.88. The summed E-state index contributed by atoms with van der Waals surface area (Å²) in [7, 11) is -3.64. The number of hydrogen-bond donors (Lipinski definition) is 0. The summed E-state index contributed by atoms with van der Waals surface area (Å²) in [4.78, 5) is 0.269. The lowest BCUT2D eigenvalue weighted by molar-refractivity contribution is 0.474. The maximum absolute atomic E-state index is 13.1. The van der Waals surface area contributed by atoms with E-state index >= 15 is 0 Å². The first-order valence-corrected chi connectivity index (χ1v) is 9.86. The Morgan fingerprint density at radius 2 is 1.88 bits per heavy atom. The maximum atomic E-state index is 13.1. The molecule has 2 aromatic rings. The summed E-state index contributed by atoms with van der Waals surface area (Å²) in [5, 5.41) is 8.93. The molecule has 0 saturated carbocycles. The van der Waals surface area contributed by atoms with E-state index in [0.717, 1.165) is 10.0 Å². The molecule has 24 heavy (non-hydrogen) atoms. The highest BCUT2D eigenvalue weighted by atomic mass is 79.9. The summed E-state index contributed by atoms with van der Waals surface area (Å²) < 4.78 is 28.5. The van der Waals surface area contributed by atoms with Crippen LogP contribution in [0.2, 0.25) is 0 Å². The van der Waals surface area contributed by atoms with Crippen molar-refractivity contribution in [2.45, 2.75) is 30.1 Å². The highest BCUT2D eigenvalue weighted by molar-refractivity contribution is 9.10. The number of nitrogens with zero attached hydrogens (tertiary/aromatic N) is 2. The minimum absolute atomic E-state index is 0.269. The zero-order valence-corrected chi connectivity index (χ0v) is 15.6. The Morgan fingerprint density at radius 1 is 1.21 bits per heavy atom. The Hall–Kier alpha value is -1.84. The summed E-state index contributed by atoms with van der Waals surface area (Å²) >= 11 is 3.33. The molecule has 0 aromatic heterocycles. The third-order valence-corrected chi connectivity index (χ3v) is 6.81. The molecular formula is C18H17BrN2O2S. The molecule has 1 aliphatic heterocycles. The number of anilines is 1. The fraction of sp³-hybridized carbons (Fsp3) is 0.278. The van der Waals surface area contributed by atoms with Gasteiger partial charge in [-0.3, -0.25) is 4.31 Å². The van der Waals surface area contributed by atoms with Crippen LogP contribution in [0.25, 0.3) is 0 Å². The van der Waals surface area contributed by atoms with Gasteiger partial charge in [0.05, 0.1) is 16.7 Å². The number of rotatable bonds is 4. The van der Waals surface area contributed by atoms with Gasteiger partial charge in [0.1, 0.15) is 0 Å². The van der Waals surface area contributed by atoms with Crippen LogP contribution >= 0.6 is 15.9 Å². The van der Waals surface area contributed by atoms with Gasteiger partial charge in [0, 0.05) is 22.9 Å². The summed E-state index contributed by atoms with van der Waals surface area (Å²) in [6.07, 6.45) is 1.03. The van der Waals surface area contributed by atoms with Crippen LogP contribution in [0.4, 0.5) is 5.69 Å². The Kier molecular flexibility index (Phi) is 4.41. The number of halogens is 1. The monoisotopic (exact) mass is 404 g/mol. The third-order valence-electron chi connectivity index (χ3n) is 4.51. The van der Waals surface area contributed by atoms with Crippen molar-refractivity contribution in [3.8, 4) is 6.07 Å². The number of benzene rings is 2. The van der Waals surface area contributed by atoms with Crippen molar-refractivity contribution in [3.63, 3.8) is 0 Å². The summed E-state index contributed by atoms with van der Waals surface area (Å²) in [6, 6.07) is 16.4. The maximum Gasteiger partial charge on any atom is 0.264 e. The lowest BCUT2D eigenvalue weighted by atomic mass is 9.80. The van der Waals surface area contributed by atoms with Crippen LogP contribution in [-0.4, -0.2) is 15.0 Å². The Morgan fingerprint density at radius 3 is 2.54 bits per heavy atom. The summed E-state index contributed by atoms with van der Waals surface area (Å²) in [5.41, 5.74) is 1.34. The molecule has 0 saturated heterocycles. The van der Waals surface area contributed by atoms with Gasteiger partial charge in [-0.25, -0.2) is 8.42 Å². The number of hydrogen-bond acceptors (Lipinski definition) is 3. The van der Waals surface area contributed by atoms with Crippen LogP contribution in [0.1, 0.15) is 25.3 Å². The molecule has 1 aliphatic rings. The molecule has 0 radical (unpaired) electrons. The van der Waals surface area contributed by atoms with Crippen molar-refractivity contribution in [2.24, 2.45) is 0 Å². The van der Waals surface area contributed by atoms with E-state index in [1.54, 1.807) is 24.3 Å². The minimum atomic E-state index is -3.64. The van der Waals surface area contributed by atoms with Crippen LogP contribution in [0.3, 0.4) is 0 Å². The molecule has 4 nitrogen and oxygen atoms in total. The van der Waals surface area contributed by atoms with E-state index in [2.05, 4.69) is 22.0 Å². The van der Waals surface area contributed by atoms with Crippen LogP contribution in [0.5, 0.6) is 0 Å². The third kappa shape index (κ3) is 2.83. The van der Waals surface area contributed by atoms with Gasteiger partial charge < -0.3 is 0 Å². The SMILES string of the molecule is CC1(CCC#N)CN(S(=O)(=O)c2ccc(Br)cc2)c2ccccc21. The molecule has 0 aliphatic carbocycles. The van der Waals surface area contributed by atoms with Gasteiger partial charge in [-0.05, 0) is 42.3 Å². The van der Waals surface area contributed by atoms with Crippen molar-refractivity contribution < 1.29 is 8.42 Å². The van der Waals surface area contributed by atoms with Crippen molar-refractivity contribution in [2.75, 3.05) is 10.8 Å². The average molecular weight is 405 g/mol. The van der Waals surface area contributed by atoms with Crippen LogP contribution in [-0.2, 0) is 15.4 Å². The van der Waals surface area contributed by atoms with Gasteiger partial charge >= 0.3 is 0 Å². The number of fused-ring (bicyclic) bond motifs is 1. The zero-order chi connectivity index (χ0) is 17.4. The Bertz CT molecular complexity index is 903. The number of para-hydroxylation sites is 1. The van der Waals surface area contributed by atoms with Crippen molar-refractivity contribution in [3.05, 3.63) is 58.6 Å². The first kappa shape index (κ1) is 17.0. The second-order valence-electron chi connectivity index (χ2n) is 6.20. The van der Waals surface area contributed by atoms with E-state index in [0.29, 0.717) is 25.1 Å². The molecule has 1 unspecified atom stereocenters. The number of nitriles is 1. The predicted octanol–water partition coefficient (Wildman–Crippen LogP) is 4.22. The van der Waals surface area contributed by atoms with Crippen molar-refractivity contribution in [1.82, 2.24) is 0 Å². The second kappa shape index (κ2) is 6.23. The lowest BCUT2D eigenvalue weighted by Gasteiger charge is -2.25. The van der Waals surface area contributed by atoms with Gasteiger partial charge in [-0.2, -0.15) is 5.26 Å². The molecule has 124 valence electrons. The van der Waals surface area contributed by atoms with E-state index in [4.69, 9.17) is 5.26 Å². The highest BCUT2D eigenvalue weighted by Crippen LogP contribution is 2.45. The molecule has 3 rings (SSSR count). The van der Waals surface area contributed by atoms with Crippen molar-refractivity contribution in [1.29, 1.82) is 5.26 Å².